The molecule has 1 aromatic carbocycles. The Bertz CT molecular complexity index is 1240. The van der Waals surface area contributed by atoms with Crippen molar-refractivity contribution < 1.29 is 49.1 Å². The van der Waals surface area contributed by atoms with Crippen LogP contribution in [0, 0.1) is 11.3 Å². The number of methoxy groups -OCH3 is 1. The van der Waals surface area contributed by atoms with Crippen molar-refractivity contribution in [3.05, 3.63) is 70.7 Å². The van der Waals surface area contributed by atoms with Crippen LogP contribution in [0.5, 0.6) is 0 Å². The third kappa shape index (κ3) is 13.2. The van der Waals surface area contributed by atoms with Gasteiger partial charge in [0.2, 0.25) is 0 Å². The Morgan fingerprint density at radius 1 is 1.12 bits per heavy atom. The lowest BCUT2D eigenvalue weighted by atomic mass is 9.88. The van der Waals surface area contributed by atoms with Gasteiger partial charge in [-0.3, -0.25) is 4.79 Å². The first-order chi connectivity index (χ1) is 19.0. The van der Waals surface area contributed by atoms with E-state index in [0.29, 0.717) is 24.2 Å². The van der Waals surface area contributed by atoms with Gasteiger partial charge in [0.05, 0.1) is 24.3 Å². The predicted molar refractivity (Wildman–Crippen MR) is 137 cm³/mol. The average molecular weight is 592 g/mol. The highest BCUT2D eigenvalue weighted by Gasteiger charge is 2.32. The number of nitrogens with zero attached hydrogens (tertiary/aromatic N) is 2. The number of aromatic nitrogens is 1. The Morgan fingerprint density at radius 2 is 1.73 bits per heavy atom. The topological polar surface area (TPSA) is 107 Å². The molecule has 3 rings (SSSR count). The Balaban J connectivity index is 0.000000814. The SMILES string of the molecule is COC1=C(C(NC(=O)Nc2cccc(C(F)(F)F)c2)c2ccc(C#N)nc2)C(=O)CCC1.C[O+](C)C.F[B-](F)(F)F. The van der Waals surface area contributed by atoms with Crippen molar-refractivity contribution in [2.75, 3.05) is 33.8 Å². The number of urea groups is 1. The number of rotatable bonds is 5. The molecule has 1 atom stereocenters. The predicted octanol–water partition coefficient (Wildman–Crippen LogP) is 6.22. The fraction of sp³-hybridized carbons (Fsp3) is 0.360. The number of halogens is 7. The van der Waals surface area contributed by atoms with Gasteiger partial charge in [-0.15, -0.1) is 0 Å². The van der Waals surface area contributed by atoms with Crippen molar-refractivity contribution in [1.29, 1.82) is 5.26 Å². The van der Waals surface area contributed by atoms with Crippen LogP contribution in [0.3, 0.4) is 0 Å². The second-order valence-electron chi connectivity index (χ2n) is 8.74. The molecule has 0 saturated heterocycles. The Labute approximate surface area is 232 Å². The number of alkyl halides is 3. The number of carbonyl (C=O) groups excluding carboxylic acids is 2. The number of carbonyl (C=O) groups is 2. The fourth-order valence-corrected chi connectivity index (χ4v) is 3.40. The van der Waals surface area contributed by atoms with Crippen LogP contribution in [0.1, 0.15) is 42.1 Å². The van der Waals surface area contributed by atoms with Gasteiger partial charge in [0.25, 0.3) is 0 Å². The number of Topliss-reactive ketones (excluding diaryl/α,β-unsaturated/α-hetero) is 1. The molecule has 0 saturated carbocycles. The van der Waals surface area contributed by atoms with Gasteiger partial charge in [-0.2, -0.15) is 18.4 Å². The number of hydrogen-bond donors (Lipinski definition) is 2. The maximum Gasteiger partial charge on any atom is 0.673 e. The largest absolute Gasteiger partial charge is 0.673 e. The van der Waals surface area contributed by atoms with Crippen molar-refractivity contribution in [3.8, 4) is 6.07 Å². The number of pyridine rings is 1. The van der Waals surface area contributed by atoms with Gasteiger partial charge in [0.15, 0.2) is 5.78 Å². The van der Waals surface area contributed by atoms with E-state index >= 15 is 0 Å². The molecule has 1 aromatic heterocycles. The molecule has 8 nitrogen and oxygen atoms in total. The molecule has 0 aliphatic heterocycles. The minimum absolute atomic E-state index is 0.0649. The summed E-state index contributed by atoms with van der Waals surface area (Å²) in [7, 11) is 1.17. The van der Waals surface area contributed by atoms with Gasteiger partial charge < -0.3 is 37.0 Å². The second-order valence-corrected chi connectivity index (χ2v) is 8.74. The Hall–Kier alpha value is -4.13. The fourth-order valence-electron chi connectivity index (χ4n) is 3.40. The lowest BCUT2D eigenvalue weighted by Gasteiger charge is -2.26. The van der Waals surface area contributed by atoms with Crippen LogP contribution in [-0.2, 0) is 20.1 Å². The summed E-state index contributed by atoms with van der Waals surface area (Å²) in [5.41, 5.74) is -0.163. The molecule has 41 heavy (non-hydrogen) atoms. The highest BCUT2D eigenvalue weighted by atomic mass is 19.5. The first kappa shape index (κ1) is 34.9. The molecule has 0 spiro atoms. The number of hydrogen-bond acceptors (Lipinski definition) is 5. The number of ketones is 1. The monoisotopic (exact) mass is 592 g/mol. The molecule has 2 amide bonds. The zero-order valence-electron chi connectivity index (χ0n) is 22.5. The third-order valence-corrected chi connectivity index (χ3v) is 4.90. The summed E-state index contributed by atoms with van der Waals surface area (Å²) < 4.78 is 85.8. The normalized spacial score (nSPS) is 14.1. The molecule has 1 aliphatic carbocycles. The lowest BCUT2D eigenvalue weighted by molar-refractivity contribution is -0.137. The Morgan fingerprint density at radius 3 is 2.22 bits per heavy atom. The molecule has 224 valence electrons. The molecule has 16 heteroatoms. The van der Waals surface area contributed by atoms with Crippen LogP contribution < -0.4 is 10.6 Å². The minimum atomic E-state index is -6.00. The summed E-state index contributed by atoms with van der Waals surface area (Å²) in [5.74, 6) is 0.191. The zero-order chi connectivity index (χ0) is 31.4. The summed E-state index contributed by atoms with van der Waals surface area (Å²) in [5, 5.41) is 14.0. The number of nitriles is 1. The quantitative estimate of drug-likeness (QED) is 0.244. The van der Waals surface area contributed by atoms with Gasteiger partial charge in [-0.05, 0) is 36.2 Å². The molecular formula is C25H28BF7N4O4. The van der Waals surface area contributed by atoms with E-state index in [-0.39, 0.29) is 29.2 Å². The number of benzene rings is 1. The van der Waals surface area contributed by atoms with E-state index in [1.54, 1.807) is 6.07 Å². The van der Waals surface area contributed by atoms with Crippen molar-refractivity contribution in [2.24, 2.45) is 0 Å². The standard InChI is InChI=1S/C22H19F3N4O3.C3H9O.BF4/c1-32-18-7-3-6-17(30)19(18)20(13-8-9-16(11-26)27-12-13)29-21(31)28-15-5-2-4-14(10-15)22(23,24)25;1-4(2)3;2-1(3,4)5/h2,4-5,8-10,12,20H,3,6-7H2,1H3,(H2,28,29,31);1-3H3;/q;+1;-1. The maximum atomic E-state index is 13.0. The van der Waals surface area contributed by atoms with Crippen molar-refractivity contribution in [1.82, 2.24) is 10.3 Å². The number of ether oxygens (including phenoxy) is 1. The molecule has 0 radical (unpaired) electrons. The van der Waals surface area contributed by atoms with Crippen LogP contribution in [-0.4, -0.2) is 52.5 Å². The molecule has 0 bridgehead atoms. The van der Waals surface area contributed by atoms with E-state index in [2.05, 4.69) is 20.0 Å². The lowest BCUT2D eigenvalue weighted by Crippen LogP contribution is -2.36. The van der Waals surface area contributed by atoms with E-state index in [1.165, 1.54) is 31.5 Å². The van der Waals surface area contributed by atoms with Crippen molar-refractivity contribution in [3.63, 3.8) is 0 Å². The highest BCUT2D eigenvalue weighted by Crippen LogP contribution is 2.33. The number of anilines is 1. The molecule has 0 fully saturated rings. The van der Waals surface area contributed by atoms with Gasteiger partial charge in [0, 0.05) is 24.7 Å². The van der Waals surface area contributed by atoms with E-state index < -0.39 is 31.1 Å². The molecule has 2 N–H and O–H groups in total. The number of allylic oxidation sites excluding steroid dienone is 1. The van der Waals surface area contributed by atoms with Gasteiger partial charge in [-0.1, -0.05) is 12.1 Å². The van der Waals surface area contributed by atoms with E-state index in [4.69, 9.17) is 10.00 Å². The van der Waals surface area contributed by atoms with Gasteiger partial charge in [-0.25, -0.2) is 9.78 Å². The molecular weight excluding hydrogens is 564 g/mol. The van der Waals surface area contributed by atoms with Gasteiger partial charge >= 0.3 is 19.5 Å². The van der Waals surface area contributed by atoms with E-state index in [0.717, 1.165) is 12.1 Å². The highest BCUT2D eigenvalue weighted by molar-refractivity contribution is 6.50. The smallest absolute Gasteiger partial charge is 0.501 e. The van der Waals surface area contributed by atoms with Crippen LogP contribution in [0.2, 0.25) is 0 Å². The summed E-state index contributed by atoms with van der Waals surface area (Å²) in [6, 6.07) is 7.28. The minimum Gasteiger partial charge on any atom is -0.501 e. The van der Waals surface area contributed by atoms with Crippen LogP contribution >= 0.6 is 0 Å². The molecule has 1 unspecified atom stereocenters. The van der Waals surface area contributed by atoms with Crippen molar-refractivity contribution in [2.45, 2.75) is 31.5 Å². The Kier molecular flexibility index (Phi) is 13.3. The number of amides is 2. The molecule has 1 heterocycles. The average Bonchev–Trinajstić information content (AvgIpc) is 2.86. The van der Waals surface area contributed by atoms with Crippen LogP contribution in [0.25, 0.3) is 0 Å². The van der Waals surface area contributed by atoms with E-state index in [9.17, 15) is 40.0 Å². The summed E-state index contributed by atoms with van der Waals surface area (Å²) >= 11 is 0. The maximum absolute atomic E-state index is 13.0. The molecule has 1 aliphatic rings. The molecule has 2 aromatic rings. The summed E-state index contributed by atoms with van der Waals surface area (Å²) in [6.07, 6.45) is -1.85. The van der Waals surface area contributed by atoms with Crippen molar-refractivity contribution >= 4 is 24.8 Å². The van der Waals surface area contributed by atoms with E-state index in [1.807, 2.05) is 27.4 Å². The summed E-state index contributed by atoms with van der Waals surface area (Å²) in [4.78, 5) is 29.3. The number of nitrogens with one attached hydrogen (secondary N) is 2. The summed E-state index contributed by atoms with van der Waals surface area (Å²) in [6.45, 7) is 0. The first-order valence-corrected chi connectivity index (χ1v) is 11.7. The van der Waals surface area contributed by atoms with Crippen LogP contribution in [0.4, 0.5) is 40.9 Å². The second kappa shape index (κ2) is 15.6. The third-order valence-electron chi connectivity index (χ3n) is 4.90. The van der Waals surface area contributed by atoms with Gasteiger partial charge in [0.1, 0.15) is 38.9 Å². The van der Waals surface area contributed by atoms with Crippen LogP contribution in [0.15, 0.2) is 53.9 Å². The zero-order valence-corrected chi connectivity index (χ0v) is 22.5. The first-order valence-electron chi connectivity index (χ1n) is 11.7.